The van der Waals surface area contributed by atoms with Crippen LogP contribution in [0.2, 0.25) is 0 Å². The van der Waals surface area contributed by atoms with Crippen molar-refractivity contribution in [3.8, 4) is 11.1 Å². The van der Waals surface area contributed by atoms with Crippen LogP contribution in [0.4, 0.5) is 0 Å². The van der Waals surface area contributed by atoms with Gasteiger partial charge in [0.15, 0.2) is 0 Å². The molecule has 0 amide bonds. The SMILES string of the molecule is Cc1cn2c3ccc(-c4ccc5c(c4)c4cccc6c(C)cn5c64)cc3c3cccc1c32. The number of benzene rings is 4. The molecule has 2 nitrogen and oxygen atoms in total. The van der Waals surface area contributed by atoms with Gasteiger partial charge in [-0.25, -0.2) is 0 Å². The Bertz CT molecular complexity index is 1850. The number of hydrogen-bond donors (Lipinski definition) is 0. The summed E-state index contributed by atoms with van der Waals surface area (Å²) in [5.74, 6) is 0. The zero-order valence-corrected chi connectivity index (χ0v) is 18.0. The molecule has 2 heteroatoms. The molecule has 0 N–H and O–H groups in total. The lowest BCUT2D eigenvalue weighted by atomic mass is 10.00. The summed E-state index contributed by atoms with van der Waals surface area (Å²) in [6, 6.07) is 27.2. The second kappa shape index (κ2) is 5.41. The van der Waals surface area contributed by atoms with Crippen LogP contribution in [0, 0.1) is 13.8 Å². The second-order valence-corrected chi connectivity index (χ2v) is 9.23. The third-order valence-electron chi connectivity index (χ3n) is 7.47. The molecule has 0 radical (unpaired) electrons. The van der Waals surface area contributed by atoms with E-state index in [4.69, 9.17) is 0 Å². The summed E-state index contributed by atoms with van der Waals surface area (Å²) in [6.45, 7) is 4.40. The molecular formula is C30H20N2. The van der Waals surface area contributed by atoms with Crippen LogP contribution < -0.4 is 0 Å². The lowest BCUT2D eigenvalue weighted by Crippen LogP contribution is -1.82. The number of nitrogens with zero attached hydrogens (tertiary/aromatic N) is 2. The third-order valence-corrected chi connectivity index (χ3v) is 7.47. The van der Waals surface area contributed by atoms with Gasteiger partial charge in [0.2, 0.25) is 0 Å². The molecule has 4 aromatic heterocycles. The predicted octanol–water partition coefficient (Wildman–Crippen LogP) is 7.96. The lowest BCUT2D eigenvalue weighted by Gasteiger charge is -2.04. The van der Waals surface area contributed by atoms with Gasteiger partial charge in [0.25, 0.3) is 0 Å². The molecule has 8 aromatic rings. The summed E-state index contributed by atoms with van der Waals surface area (Å²) in [5, 5.41) is 8.03. The van der Waals surface area contributed by atoms with Gasteiger partial charge in [-0.2, -0.15) is 0 Å². The van der Waals surface area contributed by atoms with E-state index in [0.717, 1.165) is 0 Å². The van der Waals surface area contributed by atoms with Crippen LogP contribution in [0.5, 0.6) is 0 Å². The van der Waals surface area contributed by atoms with Crippen molar-refractivity contribution in [3.63, 3.8) is 0 Å². The van der Waals surface area contributed by atoms with E-state index in [-0.39, 0.29) is 0 Å². The lowest BCUT2D eigenvalue weighted by molar-refractivity contribution is 1.28. The fraction of sp³-hybridized carbons (Fsp3) is 0.0667. The first-order chi connectivity index (χ1) is 15.7. The summed E-state index contributed by atoms with van der Waals surface area (Å²) >= 11 is 0. The molecule has 8 rings (SSSR count). The van der Waals surface area contributed by atoms with E-state index in [1.54, 1.807) is 0 Å². The third kappa shape index (κ3) is 1.83. The number of aryl methyl sites for hydroxylation is 2. The Morgan fingerprint density at radius 2 is 0.906 bits per heavy atom. The summed E-state index contributed by atoms with van der Waals surface area (Å²) in [7, 11) is 0. The number of hydrogen-bond acceptors (Lipinski definition) is 0. The molecule has 32 heavy (non-hydrogen) atoms. The Kier molecular flexibility index (Phi) is 2.81. The highest BCUT2D eigenvalue weighted by atomic mass is 14.9. The van der Waals surface area contributed by atoms with Crippen LogP contribution in [0.3, 0.4) is 0 Å². The molecule has 0 aliphatic carbocycles. The van der Waals surface area contributed by atoms with E-state index >= 15 is 0 Å². The van der Waals surface area contributed by atoms with Crippen LogP contribution in [0.1, 0.15) is 11.1 Å². The first-order valence-corrected chi connectivity index (χ1v) is 11.2. The van der Waals surface area contributed by atoms with Crippen molar-refractivity contribution in [2.45, 2.75) is 13.8 Å². The summed E-state index contributed by atoms with van der Waals surface area (Å²) in [4.78, 5) is 0. The maximum absolute atomic E-state index is 2.37. The van der Waals surface area contributed by atoms with E-state index in [0.29, 0.717) is 0 Å². The molecule has 0 atom stereocenters. The van der Waals surface area contributed by atoms with Gasteiger partial charge < -0.3 is 8.80 Å². The minimum atomic E-state index is 1.27. The first kappa shape index (κ1) is 16.6. The second-order valence-electron chi connectivity index (χ2n) is 9.23. The minimum Gasteiger partial charge on any atom is -0.315 e. The Labute approximate surface area is 184 Å². The van der Waals surface area contributed by atoms with Gasteiger partial charge in [0.1, 0.15) is 0 Å². The zero-order chi connectivity index (χ0) is 21.1. The van der Waals surface area contributed by atoms with Gasteiger partial charge in [0.05, 0.1) is 22.1 Å². The van der Waals surface area contributed by atoms with E-state index in [1.165, 1.54) is 76.6 Å². The molecule has 4 heterocycles. The fourth-order valence-electron chi connectivity index (χ4n) is 6.00. The topological polar surface area (TPSA) is 8.82 Å². The summed E-state index contributed by atoms with van der Waals surface area (Å²) in [6.07, 6.45) is 4.54. The normalized spacial score (nSPS) is 12.7. The Hall–Kier alpha value is -4.04. The van der Waals surface area contributed by atoms with Crippen LogP contribution in [0.15, 0.2) is 85.2 Å². The highest BCUT2D eigenvalue weighted by molar-refractivity contribution is 6.17. The van der Waals surface area contributed by atoms with E-state index in [2.05, 4.69) is 108 Å². The van der Waals surface area contributed by atoms with Crippen LogP contribution in [-0.2, 0) is 0 Å². The van der Waals surface area contributed by atoms with Crippen LogP contribution in [-0.4, -0.2) is 8.80 Å². The van der Waals surface area contributed by atoms with Crippen molar-refractivity contribution in [1.82, 2.24) is 8.80 Å². The summed E-state index contributed by atoms with van der Waals surface area (Å²) < 4.78 is 4.72. The average Bonchev–Trinajstić information content (AvgIpc) is 3.53. The largest absolute Gasteiger partial charge is 0.315 e. The van der Waals surface area contributed by atoms with Crippen molar-refractivity contribution in [2.24, 2.45) is 0 Å². The van der Waals surface area contributed by atoms with Crippen molar-refractivity contribution in [2.75, 3.05) is 0 Å². The summed E-state index contributed by atoms with van der Waals surface area (Å²) in [5.41, 5.74) is 10.5. The number of fused-ring (bicyclic) bond motifs is 6. The number of aromatic nitrogens is 2. The van der Waals surface area contributed by atoms with E-state index < -0.39 is 0 Å². The zero-order valence-electron chi connectivity index (χ0n) is 18.0. The van der Waals surface area contributed by atoms with Gasteiger partial charge in [-0.1, -0.05) is 48.5 Å². The minimum absolute atomic E-state index is 1.27. The Morgan fingerprint density at radius 3 is 1.38 bits per heavy atom. The molecule has 0 saturated carbocycles. The first-order valence-electron chi connectivity index (χ1n) is 11.2. The standard InChI is InChI=1S/C30H20N2/c1-17-15-31-27-11-9-19(13-25(27)23-7-3-5-21(17)29(23)31)20-10-12-28-26(14-20)24-8-4-6-22-18(2)16-32(28)30(22)24/h3-16H,1-2H3. The predicted molar refractivity (Wildman–Crippen MR) is 136 cm³/mol. The van der Waals surface area contributed by atoms with Crippen molar-refractivity contribution >= 4 is 54.4 Å². The Balaban J connectivity index is 1.42. The molecule has 0 bridgehead atoms. The van der Waals surface area contributed by atoms with Gasteiger partial charge in [-0.15, -0.1) is 0 Å². The highest BCUT2D eigenvalue weighted by Crippen LogP contribution is 2.39. The van der Waals surface area contributed by atoms with Crippen LogP contribution >= 0.6 is 0 Å². The van der Waals surface area contributed by atoms with Crippen LogP contribution in [0.25, 0.3) is 65.5 Å². The Morgan fingerprint density at radius 1 is 0.469 bits per heavy atom. The molecular weight excluding hydrogens is 388 g/mol. The number of rotatable bonds is 1. The number of para-hydroxylation sites is 2. The van der Waals surface area contributed by atoms with Crippen molar-refractivity contribution < 1.29 is 0 Å². The smallest absolute Gasteiger partial charge is 0.0610 e. The van der Waals surface area contributed by atoms with Crippen molar-refractivity contribution in [3.05, 3.63) is 96.3 Å². The van der Waals surface area contributed by atoms with Crippen molar-refractivity contribution in [1.29, 1.82) is 0 Å². The monoisotopic (exact) mass is 408 g/mol. The fourth-order valence-corrected chi connectivity index (χ4v) is 6.00. The van der Waals surface area contributed by atoms with Gasteiger partial charge in [-0.3, -0.25) is 0 Å². The molecule has 0 aliphatic rings. The van der Waals surface area contributed by atoms with E-state index in [9.17, 15) is 0 Å². The maximum Gasteiger partial charge on any atom is 0.0610 e. The molecule has 0 fully saturated rings. The quantitative estimate of drug-likeness (QED) is 0.260. The molecule has 4 aromatic carbocycles. The van der Waals surface area contributed by atoms with Gasteiger partial charge >= 0.3 is 0 Å². The molecule has 0 unspecified atom stereocenters. The highest BCUT2D eigenvalue weighted by Gasteiger charge is 2.16. The maximum atomic E-state index is 2.37. The molecule has 0 saturated heterocycles. The van der Waals surface area contributed by atoms with Gasteiger partial charge in [0, 0.05) is 44.7 Å². The molecule has 0 spiro atoms. The van der Waals surface area contributed by atoms with Gasteiger partial charge in [-0.05, 0) is 60.4 Å². The molecule has 0 aliphatic heterocycles. The molecule has 150 valence electrons. The average molecular weight is 409 g/mol. The van der Waals surface area contributed by atoms with E-state index in [1.807, 2.05) is 0 Å².